The quantitative estimate of drug-likeness (QED) is 0.910. The normalized spacial score (nSPS) is 20.1. The lowest BCUT2D eigenvalue weighted by atomic mass is 9.73. The lowest BCUT2D eigenvalue weighted by molar-refractivity contribution is -0.133. The van der Waals surface area contributed by atoms with Crippen LogP contribution in [0.15, 0.2) is 36.4 Å². The fraction of sp³-hybridized carbons (Fsp3) is 0.476. The fourth-order valence-electron chi connectivity index (χ4n) is 4.17. The smallest absolute Gasteiger partial charge is 0.226 e. The van der Waals surface area contributed by atoms with Gasteiger partial charge >= 0.3 is 0 Å². The first-order chi connectivity index (χ1) is 12.2. The van der Waals surface area contributed by atoms with Crippen LogP contribution in [0.5, 0.6) is 0 Å². The lowest BCUT2D eigenvalue weighted by Gasteiger charge is -2.40. The summed E-state index contributed by atoms with van der Waals surface area (Å²) in [7, 11) is 0. The van der Waals surface area contributed by atoms with E-state index in [-0.39, 0.29) is 11.3 Å². The van der Waals surface area contributed by atoms with Gasteiger partial charge in [0.15, 0.2) is 0 Å². The molecule has 3 heterocycles. The SMILES string of the molecule is CCc1ccc(CN2CCC3(CC2)Cc2ccccc2CNC3=O)s1. The Morgan fingerprint density at radius 1 is 1.08 bits per heavy atom. The summed E-state index contributed by atoms with van der Waals surface area (Å²) in [5.41, 5.74) is 2.41. The first-order valence-corrected chi connectivity index (χ1v) is 10.2. The molecule has 2 aliphatic heterocycles. The zero-order chi connectivity index (χ0) is 17.3. The van der Waals surface area contributed by atoms with Gasteiger partial charge in [0.05, 0.1) is 5.41 Å². The van der Waals surface area contributed by atoms with E-state index >= 15 is 0 Å². The number of fused-ring (bicyclic) bond motifs is 1. The Morgan fingerprint density at radius 2 is 1.80 bits per heavy atom. The molecule has 0 radical (unpaired) electrons. The number of aryl methyl sites for hydroxylation is 1. The number of carbonyl (C=O) groups excluding carboxylic acids is 1. The van der Waals surface area contributed by atoms with Gasteiger partial charge in [-0.3, -0.25) is 9.69 Å². The van der Waals surface area contributed by atoms with Crippen molar-refractivity contribution < 1.29 is 4.79 Å². The molecule has 25 heavy (non-hydrogen) atoms. The molecule has 1 amide bonds. The molecule has 4 rings (SSSR count). The van der Waals surface area contributed by atoms with Crippen LogP contribution in [0.4, 0.5) is 0 Å². The van der Waals surface area contributed by atoms with Gasteiger partial charge in [0, 0.05) is 22.8 Å². The number of amides is 1. The molecule has 0 saturated carbocycles. The molecule has 2 aliphatic rings. The van der Waals surface area contributed by atoms with Crippen molar-refractivity contribution in [1.29, 1.82) is 0 Å². The second-order valence-electron chi connectivity index (χ2n) is 7.41. The first-order valence-electron chi connectivity index (χ1n) is 9.33. The second-order valence-corrected chi connectivity index (χ2v) is 8.66. The van der Waals surface area contributed by atoms with Gasteiger partial charge in [0.25, 0.3) is 0 Å². The number of nitrogens with zero attached hydrogens (tertiary/aromatic N) is 1. The molecule has 3 nitrogen and oxygen atoms in total. The Bertz CT molecular complexity index is 759. The highest BCUT2D eigenvalue weighted by molar-refractivity contribution is 7.11. The Kier molecular flexibility index (Phi) is 4.65. The zero-order valence-corrected chi connectivity index (χ0v) is 15.7. The number of hydrogen-bond donors (Lipinski definition) is 1. The molecule has 0 bridgehead atoms. The van der Waals surface area contributed by atoms with Crippen molar-refractivity contribution in [2.24, 2.45) is 5.41 Å². The Balaban J connectivity index is 1.45. The summed E-state index contributed by atoms with van der Waals surface area (Å²) in [4.78, 5) is 18.3. The van der Waals surface area contributed by atoms with Gasteiger partial charge in [-0.05, 0) is 62.0 Å². The van der Waals surface area contributed by atoms with Crippen molar-refractivity contribution in [3.05, 3.63) is 57.3 Å². The minimum Gasteiger partial charge on any atom is -0.352 e. The van der Waals surface area contributed by atoms with Crippen molar-refractivity contribution in [3.8, 4) is 0 Å². The van der Waals surface area contributed by atoms with Crippen LogP contribution in [0.3, 0.4) is 0 Å². The van der Waals surface area contributed by atoms with Crippen LogP contribution in [-0.2, 0) is 30.7 Å². The second kappa shape index (κ2) is 6.93. The summed E-state index contributed by atoms with van der Waals surface area (Å²) < 4.78 is 0. The standard InChI is InChI=1S/C21H26N2OS/c1-2-18-7-8-19(25-18)15-23-11-9-21(10-12-23)13-16-5-3-4-6-17(16)14-22-20(21)24/h3-8H,2,9-15H2,1H3,(H,22,24). The number of rotatable bonds is 3. The van der Waals surface area contributed by atoms with Gasteiger partial charge in [0.1, 0.15) is 0 Å². The number of nitrogens with one attached hydrogen (secondary N) is 1. The maximum atomic E-state index is 12.8. The van der Waals surface area contributed by atoms with E-state index in [2.05, 4.69) is 53.5 Å². The number of hydrogen-bond acceptors (Lipinski definition) is 3. The van der Waals surface area contributed by atoms with E-state index in [0.29, 0.717) is 6.54 Å². The topological polar surface area (TPSA) is 32.3 Å². The number of benzene rings is 1. The number of piperidine rings is 1. The van der Waals surface area contributed by atoms with E-state index in [1.807, 2.05) is 11.3 Å². The van der Waals surface area contributed by atoms with E-state index in [9.17, 15) is 4.79 Å². The van der Waals surface area contributed by atoms with Gasteiger partial charge in [-0.2, -0.15) is 0 Å². The summed E-state index contributed by atoms with van der Waals surface area (Å²) in [6.07, 6.45) is 3.92. The highest BCUT2D eigenvalue weighted by Crippen LogP contribution is 2.38. The minimum atomic E-state index is -0.215. The molecule has 1 aromatic heterocycles. The van der Waals surface area contributed by atoms with Crippen molar-refractivity contribution in [3.63, 3.8) is 0 Å². The van der Waals surface area contributed by atoms with Crippen molar-refractivity contribution >= 4 is 17.2 Å². The van der Waals surface area contributed by atoms with E-state index in [0.717, 1.165) is 45.3 Å². The van der Waals surface area contributed by atoms with Crippen molar-refractivity contribution in [2.75, 3.05) is 13.1 Å². The summed E-state index contributed by atoms with van der Waals surface area (Å²) in [6, 6.07) is 13.0. The predicted octanol–water partition coefficient (Wildman–Crippen LogP) is 3.77. The molecular formula is C21H26N2OS. The van der Waals surface area contributed by atoms with Crippen molar-refractivity contribution in [2.45, 2.75) is 45.7 Å². The van der Waals surface area contributed by atoms with Gasteiger partial charge in [-0.1, -0.05) is 31.2 Å². The van der Waals surface area contributed by atoms with Crippen LogP contribution in [0.25, 0.3) is 0 Å². The van der Waals surface area contributed by atoms with E-state index in [4.69, 9.17) is 0 Å². The predicted molar refractivity (Wildman–Crippen MR) is 103 cm³/mol. The molecule has 1 spiro atoms. The maximum Gasteiger partial charge on any atom is 0.226 e. The van der Waals surface area contributed by atoms with Crippen LogP contribution >= 0.6 is 11.3 Å². The third kappa shape index (κ3) is 3.38. The van der Waals surface area contributed by atoms with E-state index in [1.165, 1.54) is 20.9 Å². The molecular weight excluding hydrogens is 328 g/mol. The fourth-order valence-corrected chi connectivity index (χ4v) is 5.17. The molecule has 1 saturated heterocycles. The Morgan fingerprint density at radius 3 is 2.52 bits per heavy atom. The highest BCUT2D eigenvalue weighted by Gasteiger charge is 2.42. The summed E-state index contributed by atoms with van der Waals surface area (Å²) in [5, 5.41) is 3.18. The highest BCUT2D eigenvalue weighted by atomic mass is 32.1. The largest absolute Gasteiger partial charge is 0.352 e. The molecule has 1 N–H and O–H groups in total. The summed E-state index contributed by atoms with van der Waals surface area (Å²) >= 11 is 1.93. The summed E-state index contributed by atoms with van der Waals surface area (Å²) in [5.74, 6) is 0.257. The maximum absolute atomic E-state index is 12.8. The average molecular weight is 355 g/mol. The lowest BCUT2D eigenvalue weighted by Crippen LogP contribution is -2.48. The molecule has 4 heteroatoms. The first kappa shape index (κ1) is 16.8. The molecule has 0 aliphatic carbocycles. The van der Waals surface area contributed by atoms with Crippen molar-refractivity contribution in [1.82, 2.24) is 10.2 Å². The molecule has 2 aromatic rings. The minimum absolute atomic E-state index is 0.215. The third-order valence-corrected chi connectivity index (χ3v) is 7.04. The Hall–Kier alpha value is -1.65. The van der Waals surface area contributed by atoms with E-state index < -0.39 is 0 Å². The van der Waals surface area contributed by atoms with Crippen LogP contribution in [-0.4, -0.2) is 23.9 Å². The molecule has 0 atom stereocenters. The van der Waals surface area contributed by atoms with Crippen LogP contribution in [0.1, 0.15) is 40.6 Å². The average Bonchev–Trinajstić information content (AvgIpc) is 3.04. The molecule has 132 valence electrons. The summed E-state index contributed by atoms with van der Waals surface area (Å²) in [6.45, 7) is 5.93. The van der Waals surface area contributed by atoms with Gasteiger partial charge in [-0.25, -0.2) is 0 Å². The zero-order valence-electron chi connectivity index (χ0n) is 14.9. The monoisotopic (exact) mass is 354 g/mol. The van der Waals surface area contributed by atoms with Gasteiger partial charge in [0.2, 0.25) is 5.91 Å². The molecule has 1 aromatic carbocycles. The number of likely N-dealkylation sites (tertiary alicyclic amines) is 1. The van der Waals surface area contributed by atoms with Gasteiger partial charge in [-0.15, -0.1) is 11.3 Å². The molecule has 1 fully saturated rings. The van der Waals surface area contributed by atoms with Gasteiger partial charge < -0.3 is 5.32 Å². The third-order valence-electron chi connectivity index (χ3n) is 5.83. The van der Waals surface area contributed by atoms with E-state index in [1.54, 1.807) is 0 Å². The molecule has 0 unspecified atom stereocenters. The van der Waals surface area contributed by atoms with Crippen LogP contribution in [0, 0.1) is 5.41 Å². The van der Waals surface area contributed by atoms with Crippen LogP contribution in [0.2, 0.25) is 0 Å². The van der Waals surface area contributed by atoms with Crippen LogP contribution < -0.4 is 5.32 Å². The Labute approximate surface area is 154 Å². The number of carbonyl (C=O) groups is 1. The number of thiophene rings is 1.